The van der Waals surface area contributed by atoms with Crippen molar-refractivity contribution in [3.8, 4) is 0 Å². The molecule has 2 amide bonds. The number of nitrogens with zero attached hydrogens (tertiary/aromatic N) is 2. The standard InChI is InChI=1S/C31H54N4O4/c1-12-22(6)29(26(39-11)19-23(7)36)35(10)31(38)27(20(2)3)33-30(37)28(21(4)5)34(9)18-17-24-13-15-25(32-8)16-14-24/h13-16,20-22,26-29,32H,12,17-19H2,1-11H3,(H,33,37)/t22-,26+,27-,28-,29-/m0/s1. The molecule has 0 aliphatic heterocycles. The van der Waals surface area contributed by atoms with Gasteiger partial charge in [0.1, 0.15) is 11.8 Å². The second-order valence-corrected chi connectivity index (χ2v) is 11.6. The number of nitrogens with one attached hydrogen (secondary N) is 2. The van der Waals surface area contributed by atoms with E-state index in [1.165, 1.54) is 5.56 Å². The second kappa shape index (κ2) is 16.6. The number of rotatable bonds is 17. The Morgan fingerprint density at radius 3 is 2.00 bits per heavy atom. The average molecular weight is 547 g/mol. The van der Waals surface area contributed by atoms with E-state index >= 15 is 0 Å². The van der Waals surface area contributed by atoms with E-state index in [2.05, 4.69) is 53.6 Å². The van der Waals surface area contributed by atoms with E-state index < -0.39 is 12.1 Å². The Balaban J connectivity index is 3.09. The van der Waals surface area contributed by atoms with E-state index in [9.17, 15) is 14.4 Å². The van der Waals surface area contributed by atoms with Gasteiger partial charge in [-0.2, -0.15) is 0 Å². The van der Waals surface area contributed by atoms with Gasteiger partial charge in [0.05, 0.1) is 18.2 Å². The first-order valence-electron chi connectivity index (χ1n) is 14.3. The topological polar surface area (TPSA) is 91.0 Å². The Bertz CT molecular complexity index is 902. The minimum Gasteiger partial charge on any atom is -0.388 e. The fraction of sp³-hybridized carbons (Fsp3) is 0.710. The van der Waals surface area contributed by atoms with Crippen molar-refractivity contribution >= 4 is 23.3 Å². The summed E-state index contributed by atoms with van der Waals surface area (Å²) in [5.41, 5.74) is 2.27. The number of hydrogen-bond acceptors (Lipinski definition) is 6. The van der Waals surface area contributed by atoms with Crippen LogP contribution in [0.15, 0.2) is 24.3 Å². The quantitative estimate of drug-likeness (QED) is 0.304. The summed E-state index contributed by atoms with van der Waals surface area (Å²) in [7, 11) is 7.21. The molecule has 0 fully saturated rings. The number of hydrogen-bond donors (Lipinski definition) is 2. The van der Waals surface area contributed by atoms with Crippen LogP contribution in [0.1, 0.15) is 66.9 Å². The maximum Gasteiger partial charge on any atom is 0.245 e. The van der Waals surface area contributed by atoms with Crippen LogP contribution in [0.2, 0.25) is 0 Å². The second-order valence-electron chi connectivity index (χ2n) is 11.6. The molecule has 0 radical (unpaired) electrons. The number of Topliss-reactive ketones (excluding diaryl/α,β-unsaturated/α-hetero) is 1. The lowest BCUT2D eigenvalue weighted by Gasteiger charge is -2.40. The zero-order valence-electron chi connectivity index (χ0n) is 26.2. The predicted octanol–water partition coefficient (Wildman–Crippen LogP) is 4.24. The molecule has 1 rings (SSSR count). The Hall–Kier alpha value is -2.45. The van der Waals surface area contributed by atoms with Crippen LogP contribution in [0.25, 0.3) is 0 Å². The summed E-state index contributed by atoms with van der Waals surface area (Å²) in [6.45, 7) is 14.3. The highest BCUT2D eigenvalue weighted by molar-refractivity contribution is 5.90. The van der Waals surface area contributed by atoms with E-state index in [0.29, 0.717) is 6.54 Å². The van der Waals surface area contributed by atoms with Gasteiger partial charge in [0.2, 0.25) is 11.8 Å². The van der Waals surface area contributed by atoms with Crippen LogP contribution in [0.3, 0.4) is 0 Å². The molecule has 1 aromatic carbocycles. The summed E-state index contributed by atoms with van der Waals surface area (Å²) in [5, 5.41) is 6.22. The smallest absolute Gasteiger partial charge is 0.245 e. The van der Waals surface area contributed by atoms with Crippen molar-refractivity contribution in [3.05, 3.63) is 29.8 Å². The monoisotopic (exact) mass is 546 g/mol. The molecule has 39 heavy (non-hydrogen) atoms. The first kappa shape index (κ1) is 34.6. The highest BCUT2D eigenvalue weighted by Gasteiger charge is 2.38. The van der Waals surface area contributed by atoms with Crippen molar-refractivity contribution in [3.63, 3.8) is 0 Å². The van der Waals surface area contributed by atoms with E-state index in [-0.39, 0.29) is 53.9 Å². The van der Waals surface area contributed by atoms with Crippen molar-refractivity contribution in [1.29, 1.82) is 0 Å². The average Bonchev–Trinajstić information content (AvgIpc) is 2.89. The molecule has 0 heterocycles. The van der Waals surface area contributed by atoms with Gasteiger partial charge in [-0.15, -0.1) is 0 Å². The molecule has 0 saturated heterocycles. The number of amides is 2. The Labute approximate surface area is 237 Å². The highest BCUT2D eigenvalue weighted by Crippen LogP contribution is 2.23. The summed E-state index contributed by atoms with van der Waals surface area (Å²) in [4.78, 5) is 43.2. The first-order chi connectivity index (χ1) is 18.3. The minimum absolute atomic E-state index is 0.0190. The van der Waals surface area contributed by atoms with Crippen molar-refractivity contribution in [2.24, 2.45) is 17.8 Å². The number of likely N-dealkylation sites (N-methyl/N-ethyl adjacent to an activating group) is 2. The maximum absolute atomic E-state index is 13.9. The van der Waals surface area contributed by atoms with Gasteiger partial charge >= 0.3 is 0 Å². The largest absolute Gasteiger partial charge is 0.388 e. The summed E-state index contributed by atoms with van der Waals surface area (Å²) in [6.07, 6.45) is 1.47. The van der Waals surface area contributed by atoms with Gasteiger partial charge in [-0.3, -0.25) is 19.3 Å². The van der Waals surface area contributed by atoms with Crippen LogP contribution < -0.4 is 10.6 Å². The van der Waals surface area contributed by atoms with Crippen molar-refractivity contribution < 1.29 is 19.1 Å². The van der Waals surface area contributed by atoms with Crippen LogP contribution in [-0.2, 0) is 25.5 Å². The number of carbonyl (C=O) groups excluding carboxylic acids is 3. The van der Waals surface area contributed by atoms with Gasteiger partial charge in [0.15, 0.2) is 0 Å². The predicted molar refractivity (Wildman–Crippen MR) is 160 cm³/mol. The van der Waals surface area contributed by atoms with Crippen molar-refractivity contribution in [1.82, 2.24) is 15.1 Å². The van der Waals surface area contributed by atoms with E-state index in [0.717, 1.165) is 18.5 Å². The van der Waals surface area contributed by atoms with Gasteiger partial charge in [-0.05, 0) is 55.8 Å². The fourth-order valence-electron chi connectivity index (χ4n) is 5.28. The highest BCUT2D eigenvalue weighted by atomic mass is 16.5. The number of benzene rings is 1. The summed E-state index contributed by atoms with van der Waals surface area (Å²) in [6, 6.07) is 6.94. The summed E-state index contributed by atoms with van der Waals surface area (Å²) < 4.78 is 5.70. The zero-order valence-corrected chi connectivity index (χ0v) is 26.2. The van der Waals surface area contributed by atoms with Gasteiger partial charge in [-0.1, -0.05) is 60.1 Å². The van der Waals surface area contributed by atoms with E-state index in [1.54, 1.807) is 26.0 Å². The number of carbonyl (C=O) groups is 3. The van der Waals surface area contributed by atoms with Crippen LogP contribution in [0.5, 0.6) is 0 Å². The van der Waals surface area contributed by atoms with Crippen LogP contribution in [-0.4, -0.2) is 86.4 Å². The molecule has 1 aromatic rings. The molecule has 0 aliphatic carbocycles. The summed E-state index contributed by atoms with van der Waals surface area (Å²) >= 11 is 0. The van der Waals surface area contributed by atoms with Gasteiger partial charge in [0.25, 0.3) is 0 Å². The molecule has 0 saturated carbocycles. The van der Waals surface area contributed by atoms with E-state index in [4.69, 9.17) is 4.74 Å². The number of ether oxygens (including phenoxy) is 1. The lowest BCUT2D eigenvalue weighted by atomic mass is 9.89. The SMILES string of the molecule is CC[C@H](C)[C@@H]([C@@H](CC(C)=O)OC)N(C)C(=O)[C@@H](NC(=O)[C@H](C(C)C)N(C)CCc1ccc(NC)cc1)C(C)C. The third kappa shape index (κ3) is 10.2. The Morgan fingerprint density at radius 2 is 1.56 bits per heavy atom. The van der Waals surface area contributed by atoms with Crippen molar-refractivity contribution in [2.75, 3.05) is 40.1 Å². The van der Waals surface area contributed by atoms with Crippen LogP contribution in [0.4, 0.5) is 5.69 Å². The molecule has 222 valence electrons. The maximum atomic E-state index is 13.9. The molecule has 8 heteroatoms. The van der Waals surface area contributed by atoms with Gasteiger partial charge < -0.3 is 20.3 Å². The number of methoxy groups -OCH3 is 1. The molecule has 0 bridgehead atoms. The fourth-order valence-corrected chi connectivity index (χ4v) is 5.28. The number of ketones is 1. The van der Waals surface area contributed by atoms with Crippen LogP contribution in [0, 0.1) is 17.8 Å². The molecule has 0 aromatic heterocycles. The molecule has 2 N–H and O–H groups in total. The Morgan fingerprint density at radius 1 is 0.974 bits per heavy atom. The molecule has 8 nitrogen and oxygen atoms in total. The third-order valence-electron chi connectivity index (χ3n) is 7.80. The molecule has 5 atom stereocenters. The van der Waals surface area contributed by atoms with E-state index in [1.807, 2.05) is 41.8 Å². The minimum atomic E-state index is -0.687. The third-order valence-corrected chi connectivity index (χ3v) is 7.80. The first-order valence-corrected chi connectivity index (χ1v) is 14.3. The Kier molecular flexibility index (Phi) is 14.7. The lowest BCUT2D eigenvalue weighted by Crippen LogP contribution is -2.59. The molecule has 0 spiro atoms. The number of anilines is 1. The zero-order chi connectivity index (χ0) is 29.9. The van der Waals surface area contributed by atoms with Gasteiger partial charge in [0, 0.05) is 39.9 Å². The molecule has 0 unspecified atom stereocenters. The molecular formula is C31H54N4O4. The lowest BCUT2D eigenvalue weighted by molar-refractivity contribution is -0.144. The molecule has 0 aliphatic rings. The van der Waals surface area contributed by atoms with Gasteiger partial charge in [-0.25, -0.2) is 0 Å². The van der Waals surface area contributed by atoms with Crippen LogP contribution >= 0.6 is 0 Å². The molecular weight excluding hydrogens is 492 g/mol. The van der Waals surface area contributed by atoms with Crippen molar-refractivity contribution in [2.45, 2.75) is 92.0 Å². The summed E-state index contributed by atoms with van der Waals surface area (Å²) in [5.74, 6) is -0.230. The normalized spacial score (nSPS) is 15.5.